The zero-order chi connectivity index (χ0) is 11.9. The maximum atomic E-state index is 5.39. The first-order chi connectivity index (χ1) is 7.91. The Labute approximate surface area is 103 Å². The van der Waals surface area contributed by atoms with Crippen molar-refractivity contribution in [2.45, 2.75) is 51.5 Å². The minimum atomic E-state index is 0.722. The van der Waals surface area contributed by atoms with E-state index in [0.717, 1.165) is 36.0 Å². The Kier molecular flexibility index (Phi) is 15.2. The molecule has 0 aromatic rings. The van der Waals surface area contributed by atoms with E-state index >= 15 is 0 Å². The van der Waals surface area contributed by atoms with Crippen molar-refractivity contribution in [3.8, 4) is 0 Å². The molecule has 0 rings (SSSR count). The fourth-order valence-electron chi connectivity index (χ4n) is 1.56. The Morgan fingerprint density at radius 1 is 1.00 bits per heavy atom. The van der Waals surface area contributed by atoms with E-state index in [2.05, 4.69) is 12.2 Å². The Morgan fingerprint density at radius 3 is 2.38 bits per heavy atom. The predicted octanol–water partition coefficient (Wildman–Crippen LogP) is 1.95. The zero-order valence-electron chi connectivity index (χ0n) is 10.8. The molecule has 0 aromatic heterocycles. The van der Waals surface area contributed by atoms with Gasteiger partial charge in [-0.05, 0) is 25.9 Å². The normalized spacial score (nSPS) is 10.9. The number of nitrogens with one attached hydrogen (secondary N) is 1. The van der Waals surface area contributed by atoms with Crippen LogP contribution in [-0.4, -0.2) is 36.0 Å². The zero-order valence-corrected chi connectivity index (χ0v) is 11.8. The van der Waals surface area contributed by atoms with Crippen LogP contribution in [0, 0.1) is 0 Å². The summed E-state index contributed by atoms with van der Waals surface area (Å²) in [6, 6.07) is 1.26. The molecule has 16 heavy (non-hydrogen) atoms. The van der Waals surface area contributed by atoms with Crippen molar-refractivity contribution in [1.29, 1.82) is 0 Å². The molecule has 0 aliphatic carbocycles. The summed E-state index contributed by atoms with van der Waals surface area (Å²) >= 11 is 0. The standard InChI is InChI=1S/C12H28N2OSi/c1-2-15-16-12-8-6-4-3-5-7-10-14-11-9-13/h14H,2-13H2,1H3. The summed E-state index contributed by atoms with van der Waals surface area (Å²) in [6.45, 7) is 5.77. The smallest absolute Gasteiger partial charge is 0.229 e. The van der Waals surface area contributed by atoms with E-state index in [4.69, 9.17) is 10.2 Å². The van der Waals surface area contributed by atoms with Crippen molar-refractivity contribution < 1.29 is 4.43 Å². The molecule has 0 aliphatic rings. The molecular weight excluding hydrogens is 216 g/mol. The molecule has 3 N–H and O–H groups in total. The van der Waals surface area contributed by atoms with Crippen molar-refractivity contribution in [2.75, 3.05) is 26.2 Å². The molecule has 0 spiro atoms. The number of hydrogen-bond acceptors (Lipinski definition) is 3. The third-order valence-corrected chi connectivity index (χ3v) is 3.50. The van der Waals surface area contributed by atoms with Crippen LogP contribution in [0.2, 0.25) is 6.04 Å². The van der Waals surface area contributed by atoms with Crippen molar-refractivity contribution in [1.82, 2.24) is 5.32 Å². The van der Waals surface area contributed by atoms with Crippen molar-refractivity contribution in [2.24, 2.45) is 5.73 Å². The quantitative estimate of drug-likeness (QED) is 0.384. The van der Waals surface area contributed by atoms with Gasteiger partial charge in [-0.15, -0.1) is 0 Å². The van der Waals surface area contributed by atoms with Crippen LogP contribution < -0.4 is 11.1 Å². The fraction of sp³-hybridized carbons (Fsp3) is 1.00. The van der Waals surface area contributed by atoms with Gasteiger partial charge in [-0.1, -0.05) is 32.1 Å². The second-order valence-corrected chi connectivity index (χ2v) is 5.06. The molecule has 3 nitrogen and oxygen atoms in total. The summed E-state index contributed by atoms with van der Waals surface area (Å²) in [4.78, 5) is 0. The predicted molar refractivity (Wildman–Crippen MR) is 71.8 cm³/mol. The van der Waals surface area contributed by atoms with Crippen LogP contribution in [0.15, 0.2) is 0 Å². The van der Waals surface area contributed by atoms with Gasteiger partial charge in [0.15, 0.2) is 0 Å². The van der Waals surface area contributed by atoms with Gasteiger partial charge in [0.2, 0.25) is 9.76 Å². The lowest BCUT2D eigenvalue weighted by molar-refractivity contribution is 0.358. The highest BCUT2D eigenvalue weighted by Gasteiger charge is 1.93. The Morgan fingerprint density at radius 2 is 1.69 bits per heavy atom. The van der Waals surface area contributed by atoms with Gasteiger partial charge in [0.05, 0.1) is 0 Å². The lowest BCUT2D eigenvalue weighted by Gasteiger charge is -2.03. The summed E-state index contributed by atoms with van der Waals surface area (Å²) in [5.41, 5.74) is 5.39. The summed E-state index contributed by atoms with van der Waals surface area (Å²) in [5.74, 6) is 0. The molecule has 96 valence electrons. The van der Waals surface area contributed by atoms with Gasteiger partial charge >= 0.3 is 0 Å². The fourth-order valence-corrected chi connectivity index (χ4v) is 2.30. The maximum absolute atomic E-state index is 5.39. The summed E-state index contributed by atoms with van der Waals surface area (Å²) in [7, 11) is 0.722. The molecule has 0 saturated carbocycles. The van der Waals surface area contributed by atoms with Gasteiger partial charge in [0, 0.05) is 19.7 Å². The molecule has 2 radical (unpaired) electrons. The van der Waals surface area contributed by atoms with E-state index in [1.165, 1.54) is 44.6 Å². The van der Waals surface area contributed by atoms with Crippen LogP contribution in [0.25, 0.3) is 0 Å². The molecule has 0 saturated heterocycles. The van der Waals surface area contributed by atoms with E-state index in [1.54, 1.807) is 0 Å². The van der Waals surface area contributed by atoms with Crippen molar-refractivity contribution in [3.63, 3.8) is 0 Å². The monoisotopic (exact) mass is 244 g/mol. The molecule has 0 aromatic carbocycles. The number of unbranched alkanes of at least 4 members (excludes halogenated alkanes) is 5. The molecular formula is C12H28N2OSi. The van der Waals surface area contributed by atoms with Gasteiger partial charge in [-0.25, -0.2) is 0 Å². The third-order valence-electron chi connectivity index (χ3n) is 2.45. The summed E-state index contributed by atoms with van der Waals surface area (Å²) < 4.78 is 5.33. The van der Waals surface area contributed by atoms with E-state index in [9.17, 15) is 0 Å². The molecule has 0 unspecified atom stereocenters. The molecule has 0 fully saturated rings. The lowest BCUT2D eigenvalue weighted by atomic mass is 10.1. The van der Waals surface area contributed by atoms with Gasteiger partial charge in [-0.3, -0.25) is 0 Å². The summed E-state index contributed by atoms with van der Waals surface area (Å²) in [5, 5.41) is 3.32. The topological polar surface area (TPSA) is 47.3 Å². The average molecular weight is 244 g/mol. The van der Waals surface area contributed by atoms with Gasteiger partial charge < -0.3 is 15.5 Å². The summed E-state index contributed by atoms with van der Waals surface area (Å²) in [6.07, 6.45) is 8.11. The molecule has 0 amide bonds. The average Bonchev–Trinajstić information content (AvgIpc) is 2.31. The largest absolute Gasteiger partial charge is 0.418 e. The second kappa shape index (κ2) is 15.1. The molecule has 0 heterocycles. The third kappa shape index (κ3) is 14.1. The minimum Gasteiger partial charge on any atom is -0.418 e. The van der Waals surface area contributed by atoms with E-state index < -0.39 is 0 Å². The van der Waals surface area contributed by atoms with Gasteiger partial charge in [0.1, 0.15) is 0 Å². The van der Waals surface area contributed by atoms with Crippen LogP contribution in [0.3, 0.4) is 0 Å². The highest BCUT2D eigenvalue weighted by Crippen LogP contribution is 2.06. The minimum absolute atomic E-state index is 0.722. The van der Waals surface area contributed by atoms with Gasteiger partial charge in [-0.2, -0.15) is 0 Å². The molecule has 4 heteroatoms. The van der Waals surface area contributed by atoms with Crippen LogP contribution in [0.5, 0.6) is 0 Å². The Bertz CT molecular complexity index is 112. The van der Waals surface area contributed by atoms with E-state index in [1.807, 2.05) is 0 Å². The number of hydrogen-bond donors (Lipinski definition) is 2. The van der Waals surface area contributed by atoms with E-state index in [0.29, 0.717) is 0 Å². The number of nitrogens with two attached hydrogens (primary N) is 1. The first-order valence-electron chi connectivity index (χ1n) is 6.67. The SMILES string of the molecule is CCO[Si]CCCCCCCCNCCN. The van der Waals surface area contributed by atoms with Gasteiger partial charge in [0.25, 0.3) is 0 Å². The van der Waals surface area contributed by atoms with Crippen LogP contribution in [-0.2, 0) is 4.43 Å². The Balaban J connectivity index is 2.83. The van der Waals surface area contributed by atoms with Crippen molar-refractivity contribution >= 4 is 9.76 Å². The van der Waals surface area contributed by atoms with Crippen LogP contribution in [0.1, 0.15) is 45.4 Å². The molecule has 0 bridgehead atoms. The molecule has 0 atom stereocenters. The van der Waals surface area contributed by atoms with Crippen molar-refractivity contribution in [3.05, 3.63) is 0 Å². The highest BCUT2D eigenvalue weighted by atomic mass is 28.2. The van der Waals surface area contributed by atoms with Crippen LogP contribution in [0.4, 0.5) is 0 Å². The van der Waals surface area contributed by atoms with E-state index in [-0.39, 0.29) is 0 Å². The number of rotatable bonds is 13. The maximum Gasteiger partial charge on any atom is 0.229 e. The lowest BCUT2D eigenvalue weighted by Crippen LogP contribution is -2.23. The Hall–Kier alpha value is 0.0969. The first kappa shape index (κ1) is 16.1. The first-order valence-corrected chi connectivity index (χ1v) is 7.78. The molecule has 0 aliphatic heterocycles. The highest BCUT2D eigenvalue weighted by molar-refractivity contribution is 6.26. The second-order valence-electron chi connectivity index (χ2n) is 3.99. The van der Waals surface area contributed by atoms with Crippen LogP contribution >= 0.6 is 0 Å².